The van der Waals surface area contributed by atoms with Gasteiger partial charge in [0.2, 0.25) is 3.79 Å². The Hall–Kier alpha value is -1.83. The topological polar surface area (TPSA) is 57.5 Å². The lowest BCUT2D eigenvalue weighted by atomic mass is 9.90. The van der Waals surface area contributed by atoms with Gasteiger partial charge >= 0.3 is 0 Å². The number of benzene rings is 1. The van der Waals surface area contributed by atoms with Crippen LogP contribution in [0.2, 0.25) is 0 Å². The fourth-order valence-electron chi connectivity index (χ4n) is 3.24. The predicted molar refractivity (Wildman–Crippen MR) is 101 cm³/mol. The Balaban J connectivity index is 2.29. The number of pyridine rings is 1. The van der Waals surface area contributed by atoms with Crippen LogP contribution in [0.25, 0.3) is 11.3 Å². The number of nitrogens with zero attached hydrogens (tertiary/aromatic N) is 1. The second-order valence-electron chi connectivity index (χ2n) is 5.75. The standard InChI is InChI=1S/C18H18INO4/c1-4-11-5-10-6-16(23-2)17(24-3)7-12(10)14-8-15(21)13(18(19)22)9-20(11)14/h6-9,11H,4-5H2,1-3H3/t11-/m0/s1. The molecule has 5 nitrogen and oxygen atoms in total. The molecule has 1 aromatic carbocycles. The van der Waals surface area contributed by atoms with Crippen LogP contribution < -0.4 is 14.9 Å². The van der Waals surface area contributed by atoms with Gasteiger partial charge in [-0.05, 0) is 30.5 Å². The van der Waals surface area contributed by atoms with Gasteiger partial charge in [0.05, 0.1) is 25.5 Å². The Morgan fingerprint density at radius 1 is 1.25 bits per heavy atom. The molecule has 0 N–H and O–H groups in total. The van der Waals surface area contributed by atoms with Gasteiger partial charge in [0, 0.05) is 46.5 Å². The van der Waals surface area contributed by atoms with Crippen molar-refractivity contribution in [2.45, 2.75) is 25.8 Å². The molecule has 24 heavy (non-hydrogen) atoms. The molecule has 0 unspecified atom stereocenters. The van der Waals surface area contributed by atoms with E-state index in [1.54, 1.807) is 49.1 Å². The molecule has 0 aliphatic carbocycles. The molecule has 2 aromatic rings. The average molecular weight is 439 g/mol. The molecule has 0 radical (unpaired) electrons. The molecule has 6 heteroatoms. The summed E-state index contributed by atoms with van der Waals surface area (Å²) in [7, 11) is 3.20. The monoisotopic (exact) mass is 439 g/mol. The van der Waals surface area contributed by atoms with Crippen molar-refractivity contribution in [3.05, 3.63) is 45.7 Å². The van der Waals surface area contributed by atoms with E-state index in [1.165, 1.54) is 0 Å². The summed E-state index contributed by atoms with van der Waals surface area (Å²) in [5.74, 6) is 1.31. The molecular weight excluding hydrogens is 421 g/mol. The first-order valence-corrected chi connectivity index (χ1v) is 8.79. The first kappa shape index (κ1) is 17.0. The van der Waals surface area contributed by atoms with E-state index in [9.17, 15) is 9.59 Å². The molecule has 1 atom stereocenters. The van der Waals surface area contributed by atoms with E-state index in [0.29, 0.717) is 11.5 Å². The number of fused-ring (bicyclic) bond motifs is 3. The molecular formula is C18H18INO4. The quantitative estimate of drug-likeness (QED) is 0.540. The molecule has 2 heterocycles. The molecule has 0 fully saturated rings. The third-order valence-electron chi connectivity index (χ3n) is 4.50. The van der Waals surface area contributed by atoms with Gasteiger partial charge in [-0.1, -0.05) is 6.92 Å². The highest BCUT2D eigenvalue weighted by Gasteiger charge is 2.26. The zero-order valence-corrected chi connectivity index (χ0v) is 15.9. The lowest BCUT2D eigenvalue weighted by Crippen LogP contribution is -2.24. The highest BCUT2D eigenvalue weighted by atomic mass is 127. The van der Waals surface area contributed by atoms with Crippen LogP contribution in [0.4, 0.5) is 0 Å². The van der Waals surface area contributed by atoms with Crippen LogP contribution in [-0.4, -0.2) is 22.6 Å². The lowest BCUT2D eigenvalue weighted by Gasteiger charge is -2.31. The fraction of sp³-hybridized carbons (Fsp3) is 0.333. The molecule has 0 amide bonds. The van der Waals surface area contributed by atoms with E-state index in [4.69, 9.17) is 9.47 Å². The van der Waals surface area contributed by atoms with Gasteiger partial charge in [-0.25, -0.2) is 0 Å². The Bertz CT molecular complexity index is 872. The summed E-state index contributed by atoms with van der Waals surface area (Å²) in [5.41, 5.74) is 2.85. The van der Waals surface area contributed by atoms with Gasteiger partial charge in [-0.3, -0.25) is 9.59 Å². The Kier molecular flexibility index (Phi) is 4.67. The summed E-state index contributed by atoms with van der Waals surface area (Å²) in [5, 5.41) is 0. The number of hydrogen-bond donors (Lipinski definition) is 0. The molecule has 1 aliphatic heterocycles. The maximum Gasteiger partial charge on any atom is 0.227 e. The van der Waals surface area contributed by atoms with Crippen LogP contribution >= 0.6 is 22.6 Å². The smallest absolute Gasteiger partial charge is 0.227 e. The molecule has 1 aliphatic rings. The van der Waals surface area contributed by atoms with Gasteiger partial charge in [0.25, 0.3) is 0 Å². The normalized spacial score (nSPS) is 15.4. The van der Waals surface area contributed by atoms with Crippen molar-refractivity contribution in [3.63, 3.8) is 0 Å². The minimum atomic E-state index is -0.252. The van der Waals surface area contributed by atoms with Gasteiger partial charge in [-0.2, -0.15) is 0 Å². The molecule has 0 saturated heterocycles. The summed E-state index contributed by atoms with van der Waals surface area (Å²) >= 11 is 1.66. The molecule has 3 rings (SSSR count). The van der Waals surface area contributed by atoms with Gasteiger partial charge in [0.15, 0.2) is 16.9 Å². The summed E-state index contributed by atoms with van der Waals surface area (Å²) in [6.07, 6.45) is 3.41. The van der Waals surface area contributed by atoms with Crippen LogP contribution in [0, 0.1) is 0 Å². The van der Waals surface area contributed by atoms with Crippen LogP contribution in [0.1, 0.15) is 35.3 Å². The van der Waals surface area contributed by atoms with Crippen molar-refractivity contribution in [2.24, 2.45) is 0 Å². The van der Waals surface area contributed by atoms with Crippen molar-refractivity contribution < 1.29 is 14.3 Å². The number of carbonyl (C=O) groups excluding carboxylic acids is 1. The van der Waals surface area contributed by atoms with Gasteiger partial charge < -0.3 is 14.0 Å². The SMILES string of the molecule is CC[C@H]1Cc2cc(OC)c(OC)cc2-c2cc(=O)c(C(=O)I)cn21. The zero-order valence-electron chi connectivity index (χ0n) is 13.8. The fourth-order valence-corrected chi connectivity index (χ4v) is 3.64. The van der Waals surface area contributed by atoms with E-state index in [-0.39, 0.29) is 20.8 Å². The molecule has 0 saturated carbocycles. The molecule has 126 valence electrons. The van der Waals surface area contributed by atoms with E-state index in [1.807, 2.05) is 16.7 Å². The first-order valence-electron chi connectivity index (χ1n) is 7.71. The van der Waals surface area contributed by atoms with E-state index in [0.717, 1.165) is 29.7 Å². The molecule has 0 bridgehead atoms. The second kappa shape index (κ2) is 6.58. The third kappa shape index (κ3) is 2.72. The molecule has 0 spiro atoms. The number of ether oxygens (including phenoxy) is 2. The average Bonchev–Trinajstić information content (AvgIpc) is 2.58. The minimum absolute atomic E-state index is 0.195. The van der Waals surface area contributed by atoms with E-state index < -0.39 is 0 Å². The summed E-state index contributed by atoms with van der Waals surface area (Å²) < 4.78 is 12.6. The number of methoxy groups -OCH3 is 2. The van der Waals surface area contributed by atoms with Crippen molar-refractivity contribution in [3.8, 4) is 22.8 Å². The van der Waals surface area contributed by atoms with E-state index in [2.05, 4.69) is 6.92 Å². The first-order chi connectivity index (χ1) is 11.5. The second-order valence-corrected chi connectivity index (χ2v) is 6.73. The third-order valence-corrected chi connectivity index (χ3v) is 5.08. The van der Waals surface area contributed by atoms with Crippen molar-refractivity contribution in [1.29, 1.82) is 0 Å². The summed E-state index contributed by atoms with van der Waals surface area (Å²) in [4.78, 5) is 24.0. The zero-order chi connectivity index (χ0) is 17.4. The maximum atomic E-state index is 12.3. The van der Waals surface area contributed by atoms with Crippen LogP contribution in [0.3, 0.4) is 0 Å². The summed E-state index contributed by atoms with van der Waals surface area (Å²) in [6.45, 7) is 2.10. The maximum absolute atomic E-state index is 12.3. The largest absolute Gasteiger partial charge is 0.493 e. The number of carbonyl (C=O) groups is 1. The Morgan fingerprint density at radius 3 is 2.50 bits per heavy atom. The van der Waals surface area contributed by atoms with Crippen LogP contribution in [0.5, 0.6) is 11.5 Å². The van der Waals surface area contributed by atoms with Crippen LogP contribution in [-0.2, 0) is 6.42 Å². The predicted octanol–water partition coefficient (Wildman–Crippen LogP) is 3.61. The minimum Gasteiger partial charge on any atom is -0.493 e. The number of hydrogen-bond acceptors (Lipinski definition) is 4. The van der Waals surface area contributed by atoms with Crippen molar-refractivity contribution >= 4 is 26.4 Å². The number of rotatable bonds is 4. The summed E-state index contributed by atoms with van der Waals surface area (Å²) in [6, 6.07) is 5.62. The Labute approximate surface area is 153 Å². The highest BCUT2D eigenvalue weighted by Crippen LogP contribution is 2.41. The van der Waals surface area contributed by atoms with Gasteiger partial charge in [0.1, 0.15) is 0 Å². The molecule has 1 aromatic heterocycles. The van der Waals surface area contributed by atoms with E-state index >= 15 is 0 Å². The van der Waals surface area contributed by atoms with Gasteiger partial charge in [-0.15, -0.1) is 0 Å². The Morgan fingerprint density at radius 2 is 1.92 bits per heavy atom. The lowest BCUT2D eigenvalue weighted by molar-refractivity contribution is 0.110. The number of halogens is 1. The van der Waals surface area contributed by atoms with Crippen molar-refractivity contribution in [1.82, 2.24) is 4.57 Å². The number of aromatic nitrogens is 1. The highest BCUT2D eigenvalue weighted by molar-refractivity contribution is 14.1. The van der Waals surface area contributed by atoms with Crippen molar-refractivity contribution in [2.75, 3.05) is 14.2 Å². The van der Waals surface area contributed by atoms with Crippen LogP contribution in [0.15, 0.2) is 29.2 Å².